The fourth-order valence-corrected chi connectivity index (χ4v) is 1.57. The van der Waals surface area contributed by atoms with Crippen LogP contribution in [-0.2, 0) is 9.47 Å². The topological polar surface area (TPSA) is 54.3 Å². The Balaban J connectivity index is 3.41. The predicted octanol–water partition coefficient (Wildman–Crippen LogP) is 2.10. The molecule has 0 aliphatic carbocycles. The molecule has 1 unspecified atom stereocenters. The molecular formula is C13H26N2O2. The molecule has 0 fully saturated rings. The van der Waals surface area contributed by atoms with Crippen molar-refractivity contribution < 1.29 is 9.47 Å². The van der Waals surface area contributed by atoms with Crippen LogP contribution in [0.5, 0.6) is 0 Å². The Bertz CT molecular complexity index is 216. The number of ether oxygens (including phenoxy) is 2. The largest absolute Gasteiger partial charge is 0.379 e. The number of nitrogens with zero attached hydrogens (tertiary/aromatic N) is 1. The van der Waals surface area contributed by atoms with Crippen molar-refractivity contribution in [3.8, 4) is 6.07 Å². The molecule has 1 N–H and O–H groups in total. The van der Waals surface area contributed by atoms with Gasteiger partial charge in [-0.2, -0.15) is 5.26 Å². The van der Waals surface area contributed by atoms with Crippen molar-refractivity contribution in [3.05, 3.63) is 0 Å². The van der Waals surface area contributed by atoms with E-state index in [1.54, 1.807) is 0 Å². The Hall–Kier alpha value is -0.630. The average molecular weight is 242 g/mol. The van der Waals surface area contributed by atoms with Crippen molar-refractivity contribution in [1.29, 1.82) is 5.26 Å². The summed E-state index contributed by atoms with van der Waals surface area (Å²) >= 11 is 0. The molecule has 0 aliphatic rings. The van der Waals surface area contributed by atoms with Crippen LogP contribution in [0.15, 0.2) is 0 Å². The van der Waals surface area contributed by atoms with Crippen LogP contribution in [0.25, 0.3) is 0 Å². The molecule has 0 aromatic rings. The summed E-state index contributed by atoms with van der Waals surface area (Å²) in [6.45, 7) is 9.65. The summed E-state index contributed by atoms with van der Waals surface area (Å²) in [5.41, 5.74) is -0.420. The molecule has 0 aromatic heterocycles. The zero-order valence-electron chi connectivity index (χ0n) is 11.4. The summed E-state index contributed by atoms with van der Waals surface area (Å²) in [4.78, 5) is 0. The maximum Gasteiger partial charge on any atom is 0.104 e. The van der Waals surface area contributed by atoms with Gasteiger partial charge in [0.1, 0.15) is 5.54 Å². The van der Waals surface area contributed by atoms with E-state index in [-0.39, 0.29) is 0 Å². The molecule has 0 spiro atoms. The molecule has 1 atom stereocenters. The highest BCUT2D eigenvalue weighted by atomic mass is 16.5. The van der Waals surface area contributed by atoms with Crippen molar-refractivity contribution in [1.82, 2.24) is 5.32 Å². The molecule has 0 saturated carbocycles. The molecule has 4 heteroatoms. The van der Waals surface area contributed by atoms with Gasteiger partial charge in [-0.1, -0.05) is 13.8 Å². The fourth-order valence-electron chi connectivity index (χ4n) is 1.57. The predicted molar refractivity (Wildman–Crippen MR) is 68.9 cm³/mol. The quantitative estimate of drug-likeness (QED) is 0.564. The van der Waals surface area contributed by atoms with Gasteiger partial charge in [-0.3, -0.25) is 5.32 Å². The van der Waals surface area contributed by atoms with E-state index in [4.69, 9.17) is 14.7 Å². The molecule has 0 radical (unpaired) electrons. The van der Waals surface area contributed by atoms with Crippen LogP contribution in [0.4, 0.5) is 0 Å². The minimum atomic E-state index is -0.420. The van der Waals surface area contributed by atoms with E-state index in [2.05, 4.69) is 18.3 Å². The Labute approximate surface area is 105 Å². The number of hydrogen-bond donors (Lipinski definition) is 1. The van der Waals surface area contributed by atoms with Gasteiger partial charge in [-0.25, -0.2) is 0 Å². The number of hydrogen-bond acceptors (Lipinski definition) is 4. The van der Waals surface area contributed by atoms with E-state index >= 15 is 0 Å². The standard InChI is InChI=1S/C13H26N2O2/c1-4-8-16-10-11-17-9-6-7-13(3,12-14)15-5-2/h15H,4-11H2,1-3H3. The van der Waals surface area contributed by atoms with Crippen molar-refractivity contribution in [3.63, 3.8) is 0 Å². The highest BCUT2D eigenvalue weighted by Gasteiger charge is 2.21. The van der Waals surface area contributed by atoms with Crippen LogP contribution >= 0.6 is 0 Å². The zero-order valence-corrected chi connectivity index (χ0v) is 11.4. The van der Waals surface area contributed by atoms with Crippen molar-refractivity contribution in [2.75, 3.05) is 33.0 Å². The third-order valence-electron chi connectivity index (χ3n) is 2.50. The molecule has 17 heavy (non-hydrogen) atoms. The first-order valence-corrected chi connectivity index (χ1v) is 6.50. The molecule has 0 saturated heterocycles. The fraction of sp³-hybridized carbons (Fsp3) is 0.923. The third kappa shape index (κ3) is 9.11. The SMILES string of the molecule is CCCOCCOCCCC(C)(C#N)NCC. The lowest BCUT2D eigenvalue weighted by atomic mass is 9.98. The first-order valence-electron chi connectivity index (χ1n) is 6.50. The molecule has 0 rings (SSSR count). The van der Waals surface area contributed by atoms with Gasteiger partial charge in [0.05, 0.1) is 19.3 Å². The van der Waals surface area contributed by atoms with Gasteiger partial charge in [0.25, 0.3) is 0 Å². The Morgan fingerprint density at radius 3 is 2.29 bits per heavy atom. The van der Waals surface area contributed by atoms with Crippen LogP contribution in [0, 0.1) is 11.3 Å². The molecule has 0 heterocycles. The van der Waals surface area contributed by atoms with Gasteiger partial charge in [0, 0.05) is 13.2 Å². The van der Waals surface area contributed by atoms with Gasteiger partial charge >= 0.3 is 0 Å². The van der Waals surface area contributed by atoms with E-state index < -0.39 is 5.54 Å². The van der Waals surface area contributed by atoms with Gasteiger partial charge in [0.2, 0.25) is 0 Å². The molecule has 0 aromatic carbocycles. The lowest BCUT2D eigenvalue weighted by molar-refractivity contribution is 0.0455. The van der Waals surface area contributed by atoms with Gasteiger partial charge < -0.3 is 9.47 Å². The van der Waals surface area contributed by atoms with Crippen LogP contribution in [0.3, 0.4) is 0 Å². The smallest absolute Gasteiger partial charge is 0.104 e. The van der Waals surface area contributed by atoms with Crippen LogP contribution in [-0.4, -0.2) is 38.5 Å². The van der Waals surface area contributed by atoms with Crippen LogP contribution < -0.4 is 5.32 Å². The van der Waals surface area contributed by atoms with Crippen LogP contribution in [0.1, 0.15) is 40.0 Å². The third-order valence-corrected chi connectivity index (χ3v) is 2.50. The van der Waals surface area contributed by atoms with E-state index in [1.807, 2.05) is 13.8 Å². The maximum atomic E-state index is 9.04. The summed E-state index contributed by atoms with van der Waals surface area (Å²) in [6.07, 6.45) is 2.75. The summed E-state index contributed by atoms with van der Waals surface area (Å²) in [7, 11) is 0. The van der Waals surface area contributed by atoms with E-state index in [0.717, 1.165) is 32.4 Å². The van der Waals surface area contributed by atoms with E-state index in [1.165, 1.54) is 0 Å². The van der Waals surface area contributed by atoms with E-state index in [0.29, 0.717) is 19.8 Å². The van der Waals surface area contributed by atoms with Crippen molar-refractivity contribution in [2.24, 2.45) is 0 Å². The molecule has 4 nitrogen and oxygen atoms in total. The second-order valence-corrected chi connectivity index (χ2v) is 4.30. The first-order chi connectivity index (χ1) is 8.18. The molecule has 0 amide bonds. The molecule has 0 bridgehead atoms. The monoisotopic (exact) mass is 242 g/mol. The van der Waals surface area contributed by atoms with E-state index in [9.17, 15) is 0 Å². The number of rotatable bonds is 11. The van der Waals surface area contributed by atoms with Gasteiger partial charge in [-0.05, 0) is 32.7 Å². The Morgan fingerprint density at radius 1 is 1.12 bits per heavy atom. The Morgan fingerprint density at radius 2 is 1.76 bits per heavy atom. The lowest BCUT2D eigenvalue weighted by Gasteiger charge is -2.22. The number of nitriles is 1. The lowest BCUT2D eigenvalue weighted by Crippen LogP contribution is -2.40. The highest BCUT2D eigenvalue weighted by molar-refractivity contribution is 5.03. The molecule has 100 valence electrons. The zero-order chi connectivity index (χ0) is 13.0. The normalized spacial score (nSPS) is 14.2. The summed E-state index contributed by atoms with van der Waals surface area (Å²) in [5.74, 6) is 0. The van der Waals surface area contributed by atoms with Crippen molar-refractivity contribution >= 4 is 0 Å². The Kier molecular flexibility index (Phi) is 10.1. The van der Waals surface area contributed by atoms with Crippen LogP contribution in [0.2, 0.25) is 0 Å². The summed E-state index contributed by atoms with van der Waals surface area (Å²) < 4.78 is 10.7. The minimum absolute atomic E-state index is 0.420. The summed E-state index contributed by atoms with van der Waals surface area (Å²) in [6, 6.07) is 2.31. The number of nitrogens with one attached hydrogen (secondary N) is 1. The molecular weight excluding hydrogens is 216 g/mol. The second kappa shape index (κ2) is 10.5. The minimum Gasteiger partial charge on any atom is -0.379 e. The summed E-state index contributed by atoms with van der Waals surface area (Å²) in [5, 5.41) is 12.2. The average Bonchev–Trinajstić information content (AvgIpc) is 2.33. The first kappa shape index (κ1) is 16.4. The van der Waals surface area contributed by atoms with Gasteiger partial charge in [0.15, 0.2) is 0 Å². The van der Waals surface area contributed by atoms with Gasteiger partial charge in [-0.15, -0.1) is 0 Å². The van der Waals surface area contributed by atoms with Crippen molar-refractivity contribution in [2.45, 2.75) is 45.6 Å². The second-order valence-electron chi connectivity index (χ2n) is 4.30. The maximum absolute atomic E-state index is 9.04. The molecule has 0 aliphatic heterocycles. The highest BCUT2D eigenvalue weighted by Crippen LogP contribution is 2.10.